The van der Waals surface area contributed by atoms with Crippen molar-refractivity contribution >= 4 is 0 Å². The Hall–Kier alpha value is -1.75. The first-order valence-electron chi connectivity index (χ1n) is 5.31. The lowest BCUT2D eigenvalue weighted by Crippen LogP contribution is -2.11. The number of hydrogen-bond acceptors (Lipinski definition) is 3. The van der Waals surface area contributed by atoms with Gasteiger partial charge in [-0.25, -0.2) is 13.8 Å². The van der Waals surface area contributed by atoms with Crippen molar-refractivity contribution in [3.05, 3.63) is 41.8 Å². The number of aromatic nitrogens is 1. The van der Waals surface area contributed by atoms with E-state index in [-0.39, 0.29) is 11.5 Å². The molecule has 17 heavy (non-hydrogen) atoms. The number of nitrogens with one attached hydrogen (secondary N) is 1. The lowest BCUT2D eigenvalue weighted by atomic mass is 10.2. The zero-order valence-corrected chi connectivity index (χ0v) is 9.34. The van der Waals surface area contributed by atoms with Crippen LogP contribution in [-0.4, -0.2) is 11.5 Å². The van der Waals surface area contributed by atoms with E-state index in [2.05, 4.69) is 10.3 Å². The van der Waals surface area contributed by atoms with Crippen molar-refractivity contribution in [2.45, 2.75) is 13.5 Å². The Labute approximate surface area is 97.5 Å². The highest BCUT2D eigenvalue weighted by atomic mass is 19.1. The van der Waals surface area contributed by atoms with Crippen molar-refractivity contribution in [1.29, 1.82) is 0 Å². The lowest BCUT2D eigenvalue weighted by molar-refractivity contribution is 0.552. The Morgan fingerprint density at radius 2 is 2.18 bits per heavy atom. The number of benzene rings is 1. The van der Waals surface area contributed by atoms with Gasteiger partial charge in [0.05, 0.1) is 11.3 Å². The molecule has 0 saturated carbocycles. The summed E-state index contributed by atoms with van der Waals surface area (Å²) in [6, 6.07) is 3.30. The third kappa shape index (κ3) is 2.68. The largest absolute Gasteiger partial charge is 0.444 e. The molecule has 0 spiro atoms. The fourth-order valence-electron chi connectivity index (χ4n) is 1.43. The van der Waals surface area contributed by atoms with E-state index >= 15 is 0 Å². The molecule has 1 aromatic heterocycles. The molecule has 0 amide bonds. The van der Waals surface area contributed by atoms with E-state index in [0.29, 0.717) is 12.2 Å². The van der Waals surface area contributed by atoms with Gasteiger partial charge in [-0.1, -0.05) is 6.92 Å². The zero-order valence-electron chi connectivity index (χ0n) is 9.34. The van der Waals surface area contributed by atoms with Crippen LogP contribution in [0.3, 0.4) is 0 Å². The number of hydrogen-bond donors (Lipinski definition) is 1. The highest BCUT2D eigenvalue weighted by molar-refractivity contribution is 5.54. The highest BCUT2D eigenvalue weighted by Crippen LogP contribution is 2.22. The van der Waals surface area contributed by atoms with Crippen LogP contribution in [-0.2, 0) is 6.54 Å². The van der Waals surface area contributed by atoms with Gasteiger partial charge in [0.25, 0.3) is 0 Å². The predicted octanol–water partition coefficient (Wildman–Crippen LogP) is 2.73. The topological polar surface area (TPSA) is 38.1 Å². The molecule has 0 unspecified atom stereocenters. The summed E-state index contributed by atoms with van der Waals surface area (Å²) in [6.07, 6.45) is 1.46. The van der Waals surface area contributed by atoms with E-state index < -0.39 is 11.6 Å². The minimum Gasteiger partial charge on any atom is -0.444 e. The molecule has 0 aliphatic heterocycles. The molecule has 2 rings (SSSR count). The normalized spacial score (nSPS) is 10.8. The fraction of sp³-hybridized carbons (Fsp3) is 0.250. The van der Waals surface area contributed by atoms with Crippen LogP contribution in [0.1, 0.15) is 12.6 Å². The van der Waals surface area contributed by atoms with Crippen LogP contribution in [0.5, 0.6) is 0 Å². The number of rotatable bonds is 4. The Balaban J connectivity index is 2.24. The van der Waals surface area contributed by atoms with Gasteiger partial charge >= 0.3 is 0 Å². The van der Waals surface area contributed by atoms with Gasteiger partial charge in [0.1, 0.15) is 17.9 Å². The molecule has 3 nitrogen and oxygen atoms in total. The molecule has 0 fully saturated rings. The summed E-state index contributed by atoms with van der Waals surface area (Å²) < 4.78 is 31.3. The van der Waals surface area contributed by atoms with Crippen molar-refractivity contribution in [3.63, 3.8) is 0 Å². The lowest BCUT2D eigenvalue weighted by Gasteiger charge is -1.97. The molecule has 1 N–H and O–H groups in total. The summed E-state index contributed by atoms with van der Waals surface area (Å²) in [5, 5.41) is 3.08. The van der Waals surface area contributed by atoms with Crippen LogP contribution in [0.4, 0.5) is 8.78 Å². The van der Waals surface area contributed by atoms with Crippen molar-refractivity contribution < 1.29 is 13.2 Å². The van der Waals surface area contributed by atoms with Crippen molar-refractivity contribution in [2.24, 2.45) is 0 Å². The molecule has 0 saturated heterocycles. The van der Waals surface area contributed by atoms with Gasteiger partial charge in [-0.2, -0.15) is 0 Å². The van der Waals surface area contributed by atoms with Crippen LogP contribution < -0.4 is 5.32 Å². The van der Waals surface area contributed by atoms with Gasteiger partial charge in [0.15, 0.2) is 0 Å². The molecule has 0 bridgehead atoms. The predicted molar refractivity (Wildman–Crippen MR) is 59.2 cm³/mol. The van der Waals surface area contributed by atoms with E-state index in [0.717, 1.165) is 12.6 Å². The summed E-state index contributed by atoms with van der Waals surface area (Å²) in [5.74, 6) is -1.14. The monoisotopic (exact) mass is 238 g/mol. The van der Waals surface area contributed by atoms with E-state index in [1.54, 1.807) is 0 Å². The number of nitrogens with zero attached hydrogens (tertiary/aromatic N) is 1. The van der Waals surface area contributed by atoms with Crippen molar-refractivity contribution in [1.82, 2.24) is 10.3 Å². The smallest absolute Gasteiger partial charge is 0.229 e. The van der Waals surface area contributed by atoms with Crippen LogP contribution in [0.25, 0.3) is 11.5 Å². The Kier molecular flexibility index (Phi) is 3.49. The Morgan fingerprint density at radius 1 is 1.35 bits per heavy atom. The highest BCUT2D eigenvalue weighted by Gasteiger charge is 2.12. The zero-order chi connectivity index (χ0) is 12.3. The summed E-state index contributed by atoms with van der Waals surface area (Å²) >= 11 is 0. The third-order valence-corrected chi connectivity index (χ3v) is 2.27. The summed E-state index contributed by atoms with van der Waals surface area (Å²) in [5.41, 5.74) is 0.847. The number of oxazole rings is 1. The van der Waals surface area contributed by atoms with E-state index in [1.807, 2.05) is 6.92 Å². The van der Waals surface area contributed by atoms with Gasteiger partial charge in [0, 0.05) is 12.6 Å². The molecule has 5 heteroatoms. The first-order valence-corrected chi connectivity index (χ1v) is 5.31. The first-order chi connectivity index (χ1) is 8.20. The SMILES string of the molecule is CCNCc1coc(-c2ccc(F)cc2F)n1. The molecular weight excluding hydrogens is 226 g/mol. The van der Waals surface area contributed by atoms with Gasteiger partial charge in [-0.15, -0.1) is 0 Å². The molecule has 1 heterocycles. The van der Waals surface area contributed by atoms with Gasteiger partial charge in [-0.05, 0) is 18.7 Å². The van der Waals surface area contributed by atoms with Crippen LogP contribution in [0.15, 0.2) is 28.9 Å². The second-order valence-corrected chi connectivity index (χ2v) is 3.55. The Morgan fingerprint density at radius 3 is 2.88 bits per heavy atom. The van der Waals surface area contributed by atoms with E-state index in [9.17, 15) is 8.78 Å². The second-order valence-electron chi connectivity index (χ2n) is 3.55. The quantitative estimate of drug-likeness (QED) is 0.890. The maximum atomic E-state index is 13.4. The average Bonchev–Trinajstić information content (AvgIpc) is 2.75. The molecule has 0 atom stereocenters. The van der Waals surface area contributed by atoms with Gasteiger partial charge in [-0.3, -0.25) is 0 Å². The fourth-order valence-corrected chi connectivity index (χ4v) is 1.43. The van der Waals surface area contributed by atoms with Crippen molar-refractivity contribution in [2.75, 3.05) is 6.54 Å². The molecule has 90 valence electrons. The van der Waals surface area contributed by atoms with E-state index in [1.165, 1.54) is 18.4 Å². The van der Waals surface area contributed by atoms with Gasteiger partial charge < -0.3 is 9.73 Å². The first kappa shape index (κ1) is 11.7. The van der Waals surface area contributed by atoms with Crippen molar-refractivity contribution in [3.8, 4) is 11.5 Å². The van der Waals surface area contributed by atoms with Crippen LogP contribution in [0, 0.1) is 11.6 Å². The average molecular weight is 238 g/mol. The van der Waals surface area contributed by atoms with Crippen LogP contribution >= 0.6 is 0 Å². The minimum atomic E-state index is -0.679. The number of halogens is 2. The summed E-state index contributed by atoms with van der Waals surface area (Å²) in [6.45, 7) is 3.34. The van der Waals surface area contributed by atoms with Gasteiger partial charge in [0.2, 0.25) is 5.89 Å². The molecular formula is C12H12F2N2O. The summed E-state index contributed by atoms with van der Waals surface area (Å²) in [7, 11) is 0. The molecule has 0 aliphatic carbocycles. The molecule has 1 aromatic carbocycles. The second kappa shape index (κ2) is 5.05. The molecule has 2 aromatic rings. The molecule has 0 aliphatic rings. The standard InChI is InChI=1S/C12H12F2N2O/c1-2-15-6-9-7-17-12(16-9)10-4-3-8(13)5-11(10)14/h3-5,7,15H,2,6H2,1H3. The summed E-state index contributed by atoms with van der Waals surface area (Å²) in [4.78, 5) is 4.12. The van der Waals surface area contributed by atoms with E-state index in [4.69, 9.17) is 4.42 Å². The maximum Gasteiger partial charge on any atom is 0.229 e. The minimum absolute atomic E-state index is 0.161. The third-order valence-electron chi connectivity index (χ3n) is 2.27. The Bertz CT molecular complexity index is 511. The van der Waals surface area contributed by atoms with Crippen LogP contribution in [0.2, 0.25) is 0 Å². The maximum absolute atomic E-state index is 13.4. The molecule has 0 radical (unpaired) electrons.